The second-order valence-electron chi connectivity index (χ2n) is 4.54. The molecule has 1 saturated heterocycles. The molecule has 4 atom stereocenters. The fourth-order valence-corrected chi connectivity index (χ4v) is 2.43. The van der Waals surface area contributed by atoms with E-state index in [1.165, 1.54) is 6.92 Å². The van der Waals surface area contributed by atoms with Crippen LogP contribution in [0.3, 0.4) is 0 Å². The summed E-state index contributed by atoms with van der Waals surface area (Å²) in [4.78, 5) is 33.6. The van der Waals surface area contributed by atoms with Gasteiger partial charge in [-0.25, -0.2) is 0 Å². The van der Waals surface area contributed by atoms with Crippen LogP contribution in [0.15, 0.2) is 0 Å². The van der Waals surface area contributed by atoms with Gasteiger partial charge in [0, 0.05) is 20.8 Å². The summed E-state index contributed by atoms with van der Waals surface area (Å²) in [5.41, 5.74) is 0. The van der Waals surface area contributed by atoms with E-state index in [1.807, 2.05) is 0 Å². The third-order valence-corrected chi connectivity index (χ3v) is 3.51. The number of esters is 3. The second kappa shape index (κ2) is 7.19. The zero-order valence-corrected chi connectivity index (χ0v) is 13.4. The highest BCUT2D eigenvalue weighted by Gasteiger charge is 2.54. The predicted molar refractivity (Wildman–Crippen MR) is 71.4 cm³/mol. The molecule has 21 heavy (non-hydrogen) atoms. The Balaban J connectivity index is 3.09. The van der Waals surface area contributed by atoms with Crippen molar-refractivity contribution in [2.24, 2.45) is 0 Å². The first-order chi connectivity index (χ1) is 9.69. The number of alkyl halides is 1. The molecule has 8 nitrogen and oxygen atoms in total. The van der Waals surface area contributed by atoms with Crippen molar-refractivity contribution in [1.29, 1.82) is 0 Å². The minimum atomic E-state index is -1.90. The van der Waals surface area contributed by atoms with Crippen molar-refractivity contribution in [3.8, 4) is 0 Å². The van der Waals surface area contributed by atoms with Crippen molar-refractivity contribution in [2.75, 3.05) is 11.9 Å². The van der Waals surface area contributed by atoms with E-state index >= 15 is 0 Å². The molecule has 0 aromatic rings. The van der Waals surface area contributed by atoms with Gasteiger partial charge in [-0.15, -0.1) is 0 Å². The Morgan fingerprint density at radius 1 is 1.14 bits per heavy atom. The molecular formula is C12H17BrO8. The second-order valence-corrected chi connectivity index (χ2v) is 5.10. The van der Waals surface area contributed by atoms with Crippen molar-refractivity contribution in [2.45, 2.75) is 44.9 Å². The van der Waals surface area contributed by atoms with E-state index in [-0.39, 0.29) is 11.9 Å². The molecule has 1 aliphatic heterocycles. The molecule has 0 aliphatic carbocycles. The van der Waals surface area contributed by atoms with Crippen LogP contribution < -0.4 is 0 Å². The smallest absolute Gasteiger partial charge is 0.303 e. The minimum absolute atomic E-state index is 0.0947. The Morgan fingerprint density at radius 3 is 2.10 bits per heavy atom. The Hall–Kier alpha value is -1.19. The van der Waals surface area contributed by atoms with Gasteiger partial charge in [-0.3, -0.25) is 14.4 Å². The molecule has 4 unspecified atom stereocenters. The summed E-state index contributed by atoms with van der Waals surface area (Å²) in [7, 11) is 0. The first-order valence-corrected chi connectivity index (χ1v) is 7.25. The molecule has 0 bridgehead atoms. The predicted octanol–water partition coefficient (Wildman–Crippen LogP) is -0.105. The fraction of sp³-hybridized carbons (Fsp3) is 0.750. The average Bonchev–Trinajstić information content (AvgIpc) is 2.36. The molecule has 9 heteroatoms. The first-order valence-electron chi connectivity index (χ1n) is 6.13. The van der Waals surface area contributed by atoms with Crippen LogP contribution in [-0.4, -0.2) is 59.1 Å². The number of hydrogen-bond acceptors (Lipinski definition) is 8. The lowest BCUT2D eigenvalue weighted by molar-refractivity contribution is -0.314. The highest BCUT2D eigenvalue weighted by Crippen LogP contribution is 2.31. The van der Waals surface area contributed by atoms with E-state index in [0.29, 0.717) is 0 Å². The quantitative estimate of drug-likeness (QED) is 0.416. The molecule has 1 aliphatic rings. The molecule has 0 radical (unpaired) electrons. The van der Waals surface area contributed by atoms with Crippen molar-refractivity contribution in [3.63, 3.8) is 0 Å². The first kappa shape index (κ1) is 17.9. The lowest BCUT2D eigenvalue weighted by atomic mass is 9.97. The van der Waals surface area contributed by atoms with Crippen LogP contribution in [0.4, 0.5) is 0 Å². The summed E-state index contributed by atoms with van der Waals surface area (Å²) in [6.07, 6.45) is -3.50. The van der Waals surface area contributed by atoms with E-state index in [1.54, 1.807) is 0 Å². The Bertz CT molecular complexity index is 425. The largest absolute Gasteiger partial charge is 0.456 e. The number of hydrogen-bond donors (Lipinski definition) is 1. The van der Waals surface area contributed by atoms with E-state index in [9.17, 15) is 19.5 Å². The maximum absolute atomic E-state index is 11.2. The summed E-state index contributed by atoms with van der Waals surface area (Å²) in [5, 5.41) is 10.3. The van der Waals surface area contributed by atoms with E-state index in [0.717, 1.165) is 13.8 Å². The van der Waals surface area contributed by atoms with Crippen LogP contribution in [-0.2, 0) is 33.3 Å². The van der Waals surface area contributed by atoms with Gasteiger partial charge in [0.2, 0.25) is 5.79 Å². The zero-order chi connectivity index (χ0) is 16.2. The number of carbonyl (C=O) groups is 3. The van der Waals surface area contributed by atoms with E-state index < -0.39 is 42.0 Å². The Labute approximate surface area is 129 Å². The number of halogens is 1. The monoisotopic (exact) mass is 368 g/mol. The molecule has 1 fully saturated rings. The Kier molecular flexibility index (Phi) is 6.11. The molecule has 0 amide bonds. The average molecular weight is 369 g/mol. The molecule has 1 N–H and O–H groups in total. The van der Waals surface area contributed by atoms with Gasteiger partial charge in [-0.1, -0.05) is 15.9 Å². The van der Waals surface area contributed by atoms with Gasteiger partial charge in [-0.2, -0.15) is 0 Å². The topological polar surface area (TPSA) is 108 Å². The van der Waals surface area contributed by atoms with E-state index in [4.69, 9.17) is 18.9 Å². The number of aliphatic hydroxyl groups is 1. The van der Waals surface area contributed by atoms with Gasteiger partial charge in [0.25, 0.3) is 0 Å². The van der Waals surface area contributed by atoms with Gasteiger partial charge in [0.1, 0.15) is 0 Å². The number of ether oxygens (including phenoxy) is 4. The summed E-state index contributed by atoms with van der Waals surface area (Å²) < 4.78 is 20.3. The molecule has 0 aromatic carbocycles. The van der Waals surface area contributed by atoms with Gasteiger partial charge in [0.15, 0.2) is 18.3 Å². The standard InChI is InChI=1S/C12H17BrO8/c1-6(14)19-9-4-18-12(17,5-13)11(21-8(3)16)10(9)20-7(2)15/h9-11,17H,4-5H2,1-3H3. The lowest BCUT2D eigenvalue weighted by Crippen LogP contribution is -2.64. The van der Waals surface area contributed by atoms with Crippen LogP contribution in [0, 0.1) is 0 Å². The number of rotatable bonds is 4. The van der Waals surface area contributed by atoms with Gasteiger partial charge in [-0.05, 0) is 0 Å². The minimum Gasteiger partial charge on any atom is -0.456 e. The van der Waals surface area contributed by atoms with Crippen LogP contribution in [0.1, 0.15) is 20.8 Å². The van der Waals surface area contributed by atoms with E-state index in [2.05, 4.69) is 15.9 Å². The maximum atomic E-state index is 11.2. The van der Waals surface area contributed by atoms with Crippen LogP contribution in [0.5, 0.6) is 0 Å². The number of carbonyl (C=O) groups excluding carboxylic acids is 3. The van der Waals surface area contributed by atoms with Gasteiger partial charge >= 0.3 is 17.9 Å². The molecule has 1 heterocycles. The molecule has 1 rings (SSSR count). The van der Waals surface area contributed by atoms with Crippen LogP contribution in [0.2, 0.25) is 0 Å². The van der Waals surface area contributed by atoms with Crippen LogP contribution >= 0.6 is 15.9 Å². The molecule has 120 valence electrons. The summed E-state index contributed by atoms with van der Waals surface area (Å²) in [6.45, 7) is 3.25. The third-order valence-electron chi connectivity index (χ3n) is 2.71. The third kappa shape index (κ3) is 4.65. The lowest BCUT2D eigenvalue weighted by Gasteiger charge is -2.44. The molecule has 0 spiro atoms. The highest BCUT2D eigenvalue weighted by molar-refractivity contribution is 9.09. The summed E-state index contributed by atoms with van der Waals surface area (Å²) >= 11 is 3.05. The Morgan fingerprint density at radius 2 is 1.67 bits per heavy atom. The SMILES string of the molecule is CC(=O)OC1COC(O)(CBr)C(OC(C)=O)C1OC(C)=O. The van der Waals surface area contributed by atoms with Crippen LogP contribution in [0.25, 0.3) is 0 Å². The molecular weight excluding hydrogens is 352 g/mol. The van der Waals surface area contributed by atoms with Crippen molar-refractivity contribution >= 4 is 33.8 Å². The normalized spacial score (nSPS) is 32.1. The molecule has 0 saturated carbocycles. The van der Waals surface area contributed by atoms with Crippen molar-refractivity contribution in [1.82, 2.24) is 0 Å². The molecule has 0 aromatic heterocycles. The zero-order valence-electron chi connectivity index (χ0n) is 11.8. The fourth-order valence-electron chi connectivity index (χ4n) is 1.95. The van der Waals surface area contributed by atoms with Crippen molar-refractivity contribution in [3.05, 3.63) is 0 Å². The summed E-state index contributed by atoms with van der Waals surface area (Å²) in [6, 6.07) is 0. The van der Waals surface area contributed by atoms with Crippen molar-refractivity contribution < 1.29 is 38.4 Å². The summed E-state index contributed by atoms with van der Waals surface area (Å²) in [5.74, 6) is -3.90. The van der Waals surface area contributed by atoms with Gasteiger partial charge < -0.3 is 24.1 Å². The maximum Gasteiger partial charge on any atom is 0.303 e. The highest BCUT2D eigenvalue weighted by atomic mass is 79.9. The van der Waals surface area contributed by atoms with Gasteiger partial charge in [0.05, 0.1) is 11.9 Å².